The van der Waals surface area contributed by atoms with E-state index in [-0.39, 0.29) is 31.1 Å². The van der Waals surface area contributed by atoms with Gasteiger partial charge in [0.05, 0.1) is 0 Å². The summed E-state index contributed by atoms with van der Waals surface area (Å²) in [5, 5.41) is 0. The van der Waals surface area contributed by atoms with Crippen LogP contribution in [0.3, 0.4) is 0 Å². The average molecular weight is 901 g/mol. The molecule has 0 heterocycles. The first kappa shape index (κ1) is 61.9. The molecule has 0 N–H and O–H groups in total. The third-order valence-corrected chi connectivity index (χ3v) is 12.7. The number of allylic oxidation sites excluding steroid dienone is 4. The van der Waals surface area contributed by atoms with Crippen LogP contribution < -0.4 is 0 Å². The summed E-state index contributed by atoms with van der Waals surface area (Å²) in [4.78, 5) is 38.1. The second-order valence-electron chi connectivity index (χ2n) is 19.2. The second-order valence-corrected chi connectivity index (χ2v) is 19.2. The van der Waals surface area contributed by atoms with Crippen molar-refractivity contribution in [3.8, 4) is 0 Å². The smallest absolute Gasteiger partial charge is 0.306 e. The van der Waals surface area contributed by atoms with E-state index in [0.29, 0.717) is 19.3 Å². The minimum Gasteiger partial charge on any atom is -0.462 e. The van der Waals surface area contributed by atoms with Crippen molar-refractivity contribution in [2.75, 3.05) is 13.2 Å². The molecule has 6 heteroatoms. The fraction of sp³-hybridized carbons (Fsp3) is 0.879. The summed E-state index contributed by atoms with van der Waals surface area (Å²) in [6.07, 6.45) is 61.6. The third-order valence-electron chi connectivity index (χ3n) is 12.7. The van der Waals surface area contributed by atoms with Crippen molar-refractivity contribution in [1.29, 1.82) is 0 Å². The van der Waals surface area contributed by atoms with E-state index >= 15 is 0 Å². The molecule has 0 spiro atoms. The topological polar surface area (TPSA) is 78.9 Å². The number of esters is 3. The van der Waals surface area contributed by atoms with Crippen LogP contribution >= 0.6 is 0 Å². The molecule has 0 aromatic rings. The van der Waals surface area contributed by atoms with Gasteiger partial charge in [0.1, 0.15) is 13.2 Å². The van der Waals surface area contributed by atoms with Gasteiger partial charge in [-0.2, -0.15) is 0 Å². The van der Waals surface area contributed by atoms with Crippen LogP contribution in [0.2, 0.25) is 0 Å². The molecule has 0 radical (unpaired) electrons. The maximum absolute atomic E-state index is 12.8. The minimum absolute atomic E-state index is 0.0708. The summed E-state index contributed by atoms with van der Waals surface area (Å²) in [6.45, 7) is 6.64. The predicted molar refractivity (Wildman–Crippen MR) is 275 cm³/mol. The Labute approximate surface area is 398 Å². The molecule has 0 aliphatic heterocycles. The zero-order chi connectivity index (χ0) is 46.5. The van der Waals surface area contributed by atoms with Crippen LogP contribution in [0.25, 0.3) is 0 Å². The average Bonchev–Trinajstić information content (AvgIpc) is 3.29. The Balaban J connectivity index is 4.30. The van der Waals surface area contributed by atoms with Crippen LogP contribution in [0, 0.1) is 0 Å². The van der Waals surface area contributed by atoms with Gasteiger partial charge in [0, 0.05) is 19.3 Å². The Hall–Kier alpha value is -2.11. The number of ether oxygens (including phenoxy) is 3. The Bertz CT molecular complexity index is 1040. The molecule has 0 rings (SSSR count). The van der Waals surface area contributed by atoms with Crippen LogP contribution in [-0.2, 0) is 28.6 Å². The van der Waals surface area contributed by atoms with Gasteiger partial charge < -0.3 is 14.2 Å². The zero-order valence-corrected chi connectivity index (χ0v) is 43.1. The lowest BCUT2D eigenvalue weighted by atomic mass is 10.0. The van der Waals surface area contributed by atoms with Gasteiger partial charge in [0.2, 0.25) is 0 Å². The van der Waals surface area contributed by atoms with Gasteiger partial charge in [-0.3, -0.25) is 14.4 Å². The number of carbonyl (C=O) groups is 3. The van der Waals surface area contributed by atoms with Crippen LogP contribution in [0.15, 0.2) is 24.3 Å². The molecule has 0 aromatic carbocycles. The zero-order valence-electron chi connectivity index (χ0n) is 43.1. The first-order chi connectivity index (χ1) is 31.5. The summed E-state index contributed by atoms with van der Waals surface area (Å²) in [5.74, 6) is -0.864. The normalized spacial score (nSPS) is 12.1. The maximum atomic E-state index is 12.8. The lowest BCUT2D eigenvalue weighted by Crippen LogP contribution is -2.30. The fourth-order valence-electron chi connectivity index (χ4n) is 8.37. The number of rotatable bonds is 52. The van der Waals surface area contributed by atoms with Gasteiger partial charge in [0.25, 0.3) is 0 Å². The Kier molecular flexibility index (Phi) is 51.7. The van der Waals surface area contributed by atoms with E-state index in [9.17, 15) is 14.4 Å². The maximum Gasteiger partial charge on any atom is 0.306 e. The highest BCUT2D eigenvalue weighted by Gasteiger charge is 2.19. The van der Waals surface area contributed by atoms with Crippen LogP contribution in [0.4, 0.5) is 0 Å². The van der Waals surface area contributed by atoms with Gasteiger partial charge in [-0.1, -0.05) is 244 Å². The molecule has 0 saturated carbocycles. The van der Waals surface area contributed by atoms with Crippen molar-refractivity contribution >= 4 is 17.9 Å². The number of carbonyl (C=O) groups excluding carboxylic acids is 3. The molecular formula is C58H108O6. The third kappa shape index (κ3) is 50.9. The van der Waals surface area contributed by atoms with E-state index < -0.39 is 6.10 Å². The van der Waals surface area contributed by atoms with Gasteiger partial charge in [-0.15, -0.1) is 0 Å². The van der Waals surface area contributed by atoms with E-state index in [1.54, 1.807) is 0 Å². The van der Waals surface area contributed by atoms with Crippen molar-refractivity contribution in [3.05, 3.63) is 24.3 Å². The molecule has 376 valence electrons. The summed E-state index contributed by atoms with van der Waals surface area (Å²) in [7, 11) is 0. The number of hydrogen-bond donors (Lipinski definition) is 0. The molecule has 1 atom stereocenters. The van der Waals surface area contributed by atoms with Gasteiger partial charge in [0.15, 0.2) is 6.10 Å². The first-order valence-electron chi connectivity index (χ1n) is 28.3. The van der Waals surface area contributed by atoms with Crippen LogP contribution in [0.1, 0.15) is 310 Å². The highest BCUT2D eigenvalue weighted by Crippen LogP contribution is 2.16. The summed E-state index contributed by atoms with van der Waals surface area (Å²) in [6, 6.07) is 0. The minimum atomic E-state index is -0.770. The van der Waals surface area contributed by atoms with E-state index in [4.69, 9.17) is 14.2 Å². The molecule has 0 bridgehead atoms. The molecule has 0 amide bonds. The van der Waals surface area contributed by atoms with Crippen molar-refractivity contribution < 1.29 is 28.6 Å². The predicted octanol–water partition coefficient (Wildman–Crippen LogP) is 18.7. The molecule has 0 aromatic heterocycles. The van der Waals surface area contributed by atoms with E-state index in [1.807, 2.05) is 0 Å². The molecule has 0 fully saturated rings. The quantitative estimate of drug-likeness (QED) is 0.0262. The van der Waals surface area contributed by atoms with Gasteiger partial charge in [-0.05, 0) is 70.6 Å². The van der Waals surface area contributed by atoms with Gasteiger partial charge in [-0.25, -0.2) is 0 Å². The van der Waals surface area contributed by atoms with Crippen LogP contribution in [0.5, 0.6) is 0 Å². The molecule has 0 aliphatic carbocycles. The largest absolute Gasteiger partial charge is 0.462 e. The molecule has 6 nitrogen and oxygen atoms in total. The highest BCUT2D eigenvalue weighted by atomic mass is 16.6. The van der Waals surface area contributed by atoms with E-state index in [1.165, 1.54) is 205 Å². The highest BCUT2D eigenvalue weighted by molar-refractivity contribution is 5.71. The van der Waals surface area contributed by atoms with Crippen molar-refractivity contribution in [2.45, 2.75) is 316 Å². The van der Waals surface area contributed by atoms with Crippen molar-refractivity contribution in [1.82, 2.24) is 0 Å². The fourth-order valence-corrected chi connectivity index (χ4v) is 8.37. The van der Waals surface area contributed by atoms with Gasteiger partial charge >= 0.3 is 17.9 Å². The number of hydrogen-bond acceptors (Lipinski definition) is 6. The molecule has 0 aliphatic rings. The van der Waals surface area contributed by atoms with E-state index in [0.717, 1.165) is 64.2 Å². The molecular weight excluding hydrogens is 793 g/mol. The monoisotopic (exact) mass is 901 g/mol. The standard InChI is InChI=1S/C58H108O6/c1-4-7-10-13-16-19-22-25-27-28-29-30-32-33-36-39-42-45-48-51-57(60)63-54-55(53-62-56(59)50-47-44-41-38-35-24-21-18-15-12-9-6-3)64-58(61)52-49-46-43-40-37-34-31-26-23-20-17-14-11-8-5-2/h18,21,25,27,55H,4-17,19-20,22-24,26,28-54H2,1-3H3/b21-18-,27-25-. The Morgan fingerprint density at radius 2 is 0.516 bits per heavy atom. The molecule has 1 unspecified atom stereocenters. The summed E-state index contributed by atoms with van der Waals surface area (Å²) >= 11 is 0. The second kappa shape index (κ2) is 53.5. The lowest BCUT2D eigenvalue weighted by Gasteiger charge is -2.18. The Morgan fingerprint density at radius 3 is 0.812 bits per heavy atom. The first-order valence-corrected chi connectivity index (χ1v) is 28.3. The summed E-state index contributed by atoms with van der Waals surface area (Å²) in [5.41, 5.74) is 0. The number of unbranched alkanes of at least 4 members (excludes halogenated alkanes) is 37. The van der Waals surface area contributed by atoms with Crippen molar-refractivity contribution in [3.63, 3.8) is 0 Å². The molecule has 0 saturated heterocycles. The molecule has 64 heavy (non-hydrogen) atoms. The van der Waals surface area contributed by atoms with E-state index in [2.05, 4.69) is 45.1 Å². The van der Waals surface area contributed by atoms with Crippen molar-refractivity contribution in [2.24, 2.45) is 0 Å². The lowest BCUT2D eigenvalue weighted by molar-refractivity contribution is -0.167. The summed E-state index contributed by atoms with van der Waals surface area (Å²) < 4.78 is 16.8. The SMILES string of the molecule is CCCCC/C=C\CCCCCCCC(=O)OCC(COC(=O)CCCCCCCCCCC/C=C\CCCCCCCC)OC(=O)CCCCCCCCCCCCCCCCC. The Morgan fingerprint density at radius 1 is 0.297 bits per heavy atom. The van der Waals surface area contributed by atoms with Crippen LogP contribution in [-0.4, -0.2) is 37.2 Å².